The highest BCUT2D eigenvalue weighted by molar-refractivity contribution is 6.33. The molecule has 0 fully saturated rings. The number of halogens is 1. The molecule has 0 N–H and O–H groups in total. The Hall–Kier alpha value is -2.19. The third kappa shape index (κ3) is 2.32. The molecule has 0 bridgehead atoms. The molecule has 1 heterocycles. The number of hydrogen-bond acceptors (Lipinski definition) is 2. The second-order valence-electron chi connectivity index (χ2n) is 5.10. The third-order valence-corrected chi connectivity index (χ3v) is 4.13. The van der Waals surface area contributed by atoms with E-state index in [4.69, 9.17) is 16.6 Å². The highest BCUT2D eigenvalue weighted by Crippen LogP contribution is 2.31. The van der Waals surface area contributed by atoms with Crippen molar-refractivity contribution >= 4 is 28.8 Å². The van der Waals surface area contributed by atoms with Gasteiger partial charge in [-0.1, -0.05) is 41.9 Å². The average Bonchev–Trinajstić information content (AvgIpc) is 2.50. The van der Waals surface area contributed by atoms with E-state index in [1.54, 1.807) is 6.07 Å². The number of rotatable bonds is 2. The molecule has 2 nitrogen and oxygen atoms in total. The smallest absolute Gasteiger partial charge is 0.152 e. The molecule has 0 atom stereocenters. The summed E-state index contributed by atoms with van der Waals surface area (Å²) in [6.07, 6.45) is 0.834. The van der Waals surface area contributed by atoms with Crippen molar-refractivity contribution in [3.05, 3.63) is 64.2 Å². The molecule has 21 heavy (non-hydrogen) atoms. The molecule has 2 aromatic carbocycles. The number of carbonyl (C=O) groups excluding carboxylic acids is 1. The van der Waals surface area contributed by atoms with E-state index < -0.39 is 0 Å². The summed E-state index contributed by atoms with van der Waals surface area (Å²) in [5.41, 5.74) is 5.19. The predicted molar refractivity (Wildman–Crippen MR) is 87.1 cm³/mol. The van der Waals surface area contributed by atoms with E-state index in [0.717, 1.165) is 28.3 Å². The van der Waals surface area contributed by atoms with Gasteiger partial charge in [-0.2, -0.15) is 0 Å². The van der Waals surface area contributed by atoms with Gasteiger partial charge >= 0.3 is 0 Å². The lowest BCUT2D eigenvalue weighted by atomic mass is 10.0. The SMILES string of the molecule is Cc1ccc2cc(C=O)c(-c3ccccc3Cl)nc2c1C. The van der Waals surface area contributed by atoms with Gasteiger partial charge in [-0.25, -0.2) is 4.98 Å². The van der Waals surface area contributed by atoms with Gasteiger partial charge in [0.05, 0.1) is 11.2 Å². The number of carbonyl (C=O) groups is 1. The number of pyridine rings is 1. The van der Waals surface area contributed by atoms with Crippen molar-refractivity contribution in [1.29, 1.82) is 0 Å². The summed E-state index contributed by atoms with van der Waals surface area (Å²) in [4.78, 5) is 16.1. The Bertz CT molecular complexity index is 855. The van der Waals surface area contributed by atoms with Crippen LogP contribution in [-0.4, -0.2) is 11.3 Å². The number of nitrogens with zero attached hydrogens (tertiary/aromatic N) is 1. The maximum atomic E-state index is 11.4. The summed E-state index contributed by atoms with van der Waals surface area (Å²) in [6, 6.07) is 13.4. The minimum atomic E-state index is 0.554. The average molecular weight is 296 g/mol. The van der Waals surface area contributed by atoms with Crippen molar-refractivity contribution in [2.45, 2.75) is 13.8 Å². The molecule has 0 spiro atoms. The summed E-state index contributed by atoms with van der Waals surface area (Å²) in [6.45, 7) is 4.10. The maximum Gasteiger partial charge on any atom is 0.152 e. The lowest BCUT2D eigenvalue weighted by Gasteiger charge is -2.11. The van der Waals surface area contributed by atoms with Crippen LogP contribution in [0.15, 0.2) is 42.5 Å². The molecule has 0 unspecified atom stereocenters. The van der Waals surface area contributed by atoms with Gasteiger partial charge in [-0.3, -0.25) is 4.79 Å². The van der Waals surface area contributed by atoms with Crippen LogP contribution in [0.1, 0.15) is 21.5 Å². The topological polar surface area (TPSA) is 30.0 Å². The minimum Gasteiger partial charge on any atom is -0.298 e. The maximum absolute atomic E-state index is 11.4. The molecular formula is C18H14ClNO. The van der Waals surface area contributed by atoms with Crippen LogP contribution in [0.3, 0.4) is 0 Å². The van der Waals surface area contributed by atoms with Crippen LogP contribution in [0.4, 0.5) is 0 Å². The van der Waals surface area contributed by atoms with E-state index >= 15 is 0 Å². The molecular weight excluding hydrogens is 282 g/mol. The molecule has 3 aromatic rings. The predicted octanol–water partition coefficient (Wildman–Crippen LogP) is 4.98. The number of aldehydes is 1. The number of benzene rings is 2. The Morgan fingerprint density at radius 3 is 2.57 bits per heavy atom. The fourth-order valence-corrected chi connectivity index (χ4v) is 2.68. The Labute approximate surface area is 128 Å². The monoisotopic (exact) mass is 295 g/mol. The van der Waals surface area contributed by atoms with Crippen LogP contribution in [0, 0.1) is 13.8 Å². The van der Waals surface area contributed by atoms with Crippen molar-refractivity contribution in [3.63, 3.8) is 0 Å². The van der Waals surface area contributed by atoms with Gasteiger partial charge in [0.2, 0.25) is 0 Å². The Morgan fingerprint density at radius 1 is 1.10 bits per heavy atom. The first-order valence-electron chi connectivity index (χ1n) is 6.73. The highest BCUT2D eigenvalue weighted by Gasteiger charge is 2.13. The van der Waals surface area contributed by atoms with Crippen LogP contribution in [-0.2, 0) is 0 Å². The summed E-state index contributed by atoms with van der Waals surface area (Å²) in [5.74, 6) is 0. The molecule has 0 radical (unpaired) electrons. The van der Waals surface area contributed by atoms with E-state index in [-0.39, 0.29) is 0 Å². The Morgan fingerprint density at radius 2 is 1.86 bits per heavy atom. The van der Waals surface area contributed by atoms with Crippen LogP contribution in [0.2, 0.25) is 5.02 Å². The molecule has 0 saturated heterocycles. The van der Waals surface area contributed by atoms with E-state index in [2.05, 4.69) is 6.92 Å². The number of hydrogen-bond donors (Lipinski definition) is 0. The van der Waals surface area contributed by atoms with Crippen molar-refractivity contribution in [2.75, 3.05) is 0 Å². The van der Waals surface area contributed by atoms with Gasteiger partial charge in [0, 0.05) is 21.5 Å². The molecule has 0 amide bonds. The van der Waals surface area contributed by atoms with Crippen molar-refractivity contribution < 1.29 is 4.79 Å². The van der Waals surface area contributed by atoms with Crippen LogP contribution < -0.4 is 0 Å². The van der Waals surface area contributed by atoms with Gasteiger partial charge in [0.15, 0.2) is 6.29 Å². The quantitative estimate of drug-likeness (QED) is 0.624. The van der Waals surface area contributed by atoms with Gasteiger partial charge in [0.1, 0.15) is 0 Å². The highest BCUT2D eigenvalue weighted by atomic mass is 35.5. The lowest BCUT2D eigenvalue weighted by Crippen LogP contribution is -1.96. The molecule has 0 aliphatic rings. The number of fused-ring (bicyclic) bond motifs is 1. The first-order chi connectivity index (χ1) is 10.1. The summed E-state index contributed by atoms with van der Waals surface area (Å²) in [7, 11) is 0. The molecule has 3 heteroatoms. The Kier molecular flexibility index (Phi) is 3.48. The first kappa shape index (κ1) is 13.8. The van der Waals surface area contributed by atoms with Gasteiger partial charge < -0.3 is 0 Å². The fourth-order valence-electron chi connectivity index (χ4n) is 2.46. The number of aryl methyl sites for hydroxylation is 2. The van der Waals surface area contributed by atoms with Crippen LogP contribution in [0.5, 0.6) is 0 Å². The third-order valence-electron chi connectivity index (χ3n) is 3.80. The summed E-state index contributed by atoms with van der Waals surface area (Å²) < 4.78 is 0. The second-order valence-corrected chi connectivity index (χ2v) is 5.51. The van der Waals surface area contributed by atoms with E-state index in [1.807, 2.05) is 43.3 Å². The van der Waals surface area contributed by atoms with E-state index in [1.165, 1.54) is 5.56 Å². The summed E-state index contributed by atoms with van der Waals surface area (Å²) in [5, 5.41) is 1.56. The van der Waals surface area contributed by atoms with Crippen molar-refractivity contribution in [1.82, 2.24) is 4.98 Å². The fraction of sp³-hybridized carbons (Fsp3) is 0.111. The molecule has 104 valence electrons. The molecule has 3 rings (SSSR count). The zero-order chi connectivity index (χ0) is 15.0. The zero-order valence-electron chi connectivity index (χ0n) is 11.9. The largest absolute Gasteiger partial charge is 0.298 e. The molecule has 0 aliphatic heterocycles. The number of aromatic nitrogens is 1. The first-order valence-corrected chi connectivity index (χ1v) is 7.10. The van der Waals surface area contributed by atoms with Crippen LogP contribution in [0.25, 0.3) is 22.2 Å². The lowest BCUT2D eigenvalue weighted by molar-refractivity contribution is 0.112. The normalized spacial score (nSPS) is 10.8. The van der Waals surface area contributed by atoms with Crippen LogP contribution >= 0.6 is 11.6 Å². The Balaban J connectivity index is 2.39. The second kappa shape index (κ2) is 5.30. The standard InChI is InChI=1S/C18H14ClNO/c1-11-7-8-13-9-14(10-21)18(20-17(13)12(11)2)15-5-3-4-6-16(15)19/h3-10H,1-2H3. The van der Waals surface area contributed by atoms with Crippen molar-refractivity contribution in [2.24, 2.45) is 0 Å². The van der Waals surface area contributed by atoms with E-state index in [9.17, 15) is 4.79 Å². The van der Waals surface area contributed by atoms with E-state index in [0.29, 0.717) is 16.3 Å². The van der Waals surface area contributed by atoms with Gasteiger partial charge in [0.25, 0.3) is 0 Å². The molecule has 1 aromatic heterocycles. The van der Waals surface area contributed by atoms with Gasteiger partial charge in [-0.15, -0.1) is 0 Å². The molecule has 0 aliphatic carbocycles. The zero-order valence-corrected chi connectivity index (χ0v) is 12.6. The summed E-state index contributed by atoms with van der Waals surface area (Å²) >= 11 is 6.25. The minimum absolute atomic E-state index is 0.554. The van der Waals surface area contributed by atoms with Gasteiger partial charge in [-0.05, 0) is 37.1 Å². The van der Waals surface area contributed by atoms with Crippen molar-refractivity contribution in [3.8, 4) is 11.3 Å². The molecule has 0 saturated carbocycles.